The number of benzene rings is 1. The van der Waals surface area contributed by atoms with Gasteiger partial charge in [0.25, 0.3) is 0 Å². The number of piperidine rings is 1. The zero-order valence-corrected chi connectivity index (χ0v) is 16.0. The summed E-state index contributed by atoms with van der Waals surface area (Å²) in [5.74, 6) is 1.10. The van der Waals surface area contributed by atoms with E-state index in [2.05, 4.69) is 25.7 Å². The van der Waals surface area contributed by atoms with E-state index in [1.165, 1.54) is 18.9 Å². The van der Waals surface area contributed by atoms with Crippen molar-refractivity contribution in [3.05, 3.63) is 35.6 Å². The first-order chi connectivity index (χ1) is 12.0. The fourth-order valence-corrected chi connectivity index (χ4v) is 3.68. The molecule has 0 bridgehead atoms. The van der Waals surface area contributed by atoms with Crippen LogP contribution in [0, 0.1) is 17.7 Å². The summed E-state index contributed by atoms with van der Waals surface area (Å²) in [4.78, 5) is 16.9. The number of hydrogen-bond acceptors (Lipinski definition) is 2. The molecule has 1 fully saturated rings. The van der Waals surface area contributed by atoms with Crippen molar-refractivity contribution in [1.82, 2.24) is 9.80 Å². The molecule has 1 aliphatic rings. The van der Waals surface area contributed by atoms with Crippen LogP contribution < -0.4 is 0 Å². The van der Waals surface area contributed by atoms with Crippen LogP contribution in [0.1, 0.15) is 45.6 Å². The molecule has 0 saturated carbocycles. The minimum Gasteiger partial charge on any atom is -0.343 e. The molecule has 1 heterocycles. The Balaban J connectivity index is 1.82. The number of carbonyl (C=O) groups is 1. The maximum atomic E-state index is 13.3. The molecule has 1 aromatic carbocycles. The average molecular weight is 349 g/mol. The lowest BCUT2D eigenvalue weighted by atomic mass is 9.96. The van der Waals surface area contributed by atoms with Gasteiger partial charge in [0.15, 0.2) is 0 Å². The second kappa shape index (κ2) is 9.91. The van der Waals surface area contributed by atoms with Gasteiger partial charge in [-0.2, -0.15) is 0 Å². The van der Waals surface area contributed by atoms with Gasteiger partial charge in [-0.3, -0.25) is 4.79 Å². The van der Waals surface area contributed by atoms with Crippen molar-refractivity contribution in [2.24, 2.45) is 11.8 Å². The van der Waals surface area contributed by atoms with Gasteiger partial charge in [-0.15, -0.1) is 0 Å². The molecule has 4 heteroatoms. The molecule has 0 aliphatic carbocycles. The Bertz CT molecular complexity index is 546. The van der Waals surface area contributed by atoms with Crippen LogP contribution in [0.4, 0.5) is 4.39 Å². The van der Waals surface area contributed by atoms with Gasteiger partial charge >= 0.3 is 0 Å². The van der Waals surface area contributed by atoms with E-state index in [4.69, 9.17) is 0 Å². The molecule has 1 unspecified atom stereocenters. The van der Waals surface area contributed by atoms with E-state index in [9.17, 15) is 9.18 Å². The molecule has 0 radical (unpaired) electrons. The molecule has 140 valence electrons. The van der Waals surface area contributed by atoms with Crippen LogP contribution in [0.15, 0.2) is 24.3 Å². The van der Waals surface area contributed by atoms with Gasteiger partial charge in [0, 0.05) is 32.6 Å². The molecular weight excluding hydrogens is 315 g/mol. The molecule has 1 aromatic rings. The van der Waals surface area contributed by atoms with Gasteiger partial charge in [-0.25, -0.2) is 4.39 Å². The lowest BCUT2D eigenvalue weighted by Crippen LogP contribution is -2.43. The first-order valence-electron chi connectivity index (χ1n) is 9.72. The van der Waals surface area contributed by atoms with Crippen molar-refractivity contribution < 1.29 is 9.18 Å². The van der Waals surface area contributed by atoms with Gasteiger partial charge in [0.1, 0.15) is 5.82 Å². The van der Waals surface area contributed by atoms with Crippen molar-refractivity contribution in [1.29, 1.82) is 0 Å². The van der Waals surface area contributed by atoms with Crippen molar-refractivity contribution in [3.63, 3.8) is 0 Å². The highest BCUT2D eigenvalue weighted by Crippen LogP contribution is 2.19. The number of halogens is 1. The van der Waals surface area contributed by atoms with E-state index in [-0.39, 0.29) is 11.7 Å². The molecule has 3 nitrogen and oxygen atoms in total. The summed E-state index contributed by atoms with van der Waals surface area (Å²) in [5.41, 5.74) is 1.06. The van der Waals surface area contributed by atoms with Gasteiger partial charge in [0.05, 0.1) is 0 Å². The van der Waals surface area contributed by atoms with E-state index >= 15 is 0 Å². The highest BCUT2D eigenvalue weighted by atomic mass is 19.1. The predicted molar refractivity (Wildman–Crippen MR) is 101 cm³/mol. The lowest BCUT2D eigenvalue weighted by molar-refractivity contribution is -0.132. The normalized spacial score (nSPS) is 18.5. The predicted octanol–water partition coefficient (Wildman–Crippen LogP) is 3.97. The van der Waals surface area contributed by atoms with Crippen LogP contribution in [-0.4, -0.2) is 48.4 Å². The Kier molecular flexibility index (Phi) is 7.89. The van der Waals surface area contributed by atoms with Crippen LogP contribution in [0.25, 0.3) is 0 Å². The lowest BCUT2D eigenvalue weighted by Gasteiger charge is -2.35. The second-order valence-electron chi connectivity index (χ2n) is 7.72. The first kappa shape index (κ1) is 19.9. The van der Waals surface area contributed by atoms with Crippen LogP contribution in [0.3, 0.4) is 0 Å². The number of hydrogen-bond donors (Lipinski definition) is 0. The standard InChI is InChI=1S/C21H33FN2O/c1-4-24(21(25)13-17(2)3)16-19-8-6-11-23(15-19)12-10-18-7-5-9-20(22)14-18/h5,7,9,14,17,19H,4,6,8,10-13,15-16H2,1-3H3. The summed E-state index contributed by atoms with van der Waals surface area (Å²) in [7, 11) is 0. The maximum Gasteiger partial charge on any atom is 0.222 e. The second-order valence-corrected chi connectivity index (χ2v) is 7.72. The highest BCUT2D eigenvalue weighted by Gasteiger charge is 2.23. The van der Waals surface area contributed by atoms with E-state index in [1.54, 1.807) is 12.1 Å². The summed E-state index contributed by atoms with van der Waals surface area (Å²) in [6.07, 6.45) is 3.91. The van der Waals surface area contributed by atoms with Crippen molar-refractivity contribution in [2.45, 2.75) is 46.5 Å². The number of nitrogens with zero attached hydrogens (tertiary/aromatic N) is 2. The van der Waals surface area contributed by atoms with Crippen molar-refractivity contribution in [2.75, 3.05) is 32.7 Å². The SMILES string of the molecule is CCN(CC1CCCN(CCc2cccc(F)c2)C1)C(=O)CC(C)C. The van der Waals surface area contributed by atoms with Crippen LogP contribution in [-0.2, 0) is 11.2 Å². The summed E-state index contributed by atoms with van der Waals surface area (Å²) in [6, 6.07) is 6.90. The molecule has 1 saturated heterocycles. The minimum atomic E-state index is -0.156. The molecule has 2 rings (SSSR count). The highest BCUT2D eigenvalue weighted by molar-refractivity contribution is 5.76. The summed E-state index contributed by atoms with van der Waals surface area (Å²) >= 11 is 0. The molecule has 25 heavy (non-hydrogen) atoms. The molecule has 1 aliphatic heterocycles. The Hall–Kier alpha value is -1.42. The minimum absolute atomic E-state index is 0.156. The quantitative estimate of drug-likeness (QED) is 0.709. The summed E-state index contributed by atoms with van der Waals surface area (Å²) < 4.78 is 13.3. The van der Waals surface area contributed by atoms with Crippen LogP contribution >= 0.6 is 0 Å². The fraction of sp³-hybridized carbons (Fsp3) is 0.667. The monoisotopic (exact) mass is 348 g/mol. The van der Waals surface area contributed by atoms with Crippen LogP contribution in [0.2, 0.25) is 0 Å². The number of carbonyl (C=O) groups excluding carboxylic acids is 1. The summed E-state index contributed by atoms with van der Waals surface area (Å²) in [5, 5.41) is 0. The smallest absolute Gasteiger partial charge is 0.222 e. The zero-order valence-electron chi connectivity index (χ0n) is 16.0. The van der Waals surface area contributed by atoms with Gasteiger partial charge in [-0.05, 0) is 62.3 Å². The Morgan fingerprint density at radius 2 is 2.20 bits per heavy atom. The van der Waals surface area contributed by atoms with Crippen LogP contribution in [0.5, 0.6) is 0 Å². The number of rotatable bonds is 8. The third kappa shape index (κ3) is 6.77. The summed E-state index contributed by atoms with van der Waals surface area (Å²) in [6.45, 7) is 11.1. The first-order valence-corrected chi connectivity index (χ1v) is 9.72. The number of amides is 1. The molecule has 0 aromatic heterocycles. The maximum absolute atomic E-state index is 13.3. The van der Waals surface area contributed by atoms with Gasteiger partial charge in [0.2, 0.25) is 5.91 Å². The Morgan fingerprint density at radius 1 is 1.40 bits per heavy atom. The van der Waals surface area contributed by atoms with E-state index < -0.39 is 0 Å². The van der Waals surface area contributed by atoms with E-state index in [0.29, 0.717) is 18.3 Å². The van der Waals surface area contributed by atoms with E-state index in [0.717, 1.165) is 44.7 Å². The van der Waals surface area contributed by atoms with Crippen molar-refractivity contribution >= 4 is 5.91 Å². The molecule has 0 spiro atoms. The zero-order chi connectivity index (χ0) is 18.2. The van der Waals surface area contributed by atoms with E-state index in [1.807, 2.05) is 11.0 Å². The molecule has 1 atom stereocenters. The topological polar surface area (TPSA) is 23.6 Å². The van der Waals surface area contributed by atoms with Gasteiger partial charge < -0.3 is 9.80 Å². The number of likely N-dealkylation sites (tertiary alicyclic amines) is 1. The fourth-order valence-electron chi connectivity index (χ4n) is 3.68. The third-order valence-corrected chi connectivity index (χ3v) is 5.00. The molecular formula is C21H33FN2O. The largest absolute Gasteiger partial charge is 0.343 e. The molecule has 1 amide bonds. The average Bonchev–Trinajstić information content (AvgIpc) is 2.57. The van der Waals surface area contributed by atoms with Gasteiger partial charge in [-0.1, -0.05) is 26.0 Å². The Labute approximate surface area is 152 Å². The Morgan fingerprint density at radius 3 is 2.88 bits per heavy atom. The molecule has 0 N–H and O–H groups in total. The van der Waals surface area contributed by atoms with Crippen molar-refractivity contribution in [3.8, 4) is 0 Å². The third-order valence-electron chi connectivity index (χ3n) is 5.00.